The second-order valence-corrected chi connectivity index (χ2v) is 8.78. The summed E-state index contributed by atoms with van der Waals surface area (Å²) in [5.74, 6) is 0.622. The Labute approximate surface area is 193 Å². The van der Waals surface area contributed by atoms with Gasteiger partial charge < -0.3 is 9.73 Å². The summed E-state index contributed by atoms with van der Waals surface area (Å²) in [5, 5.41) is 3.91. The molecule has 7 heteroatoms. The first-order chi connectivity index (χ1) is 14.8. The molecule has 0 radical (unpaired) electrons. The van der Waals surface area contributed by atoms with E-state index >= 15 is 0 Å². The zero-order chi connectivity index (χ0) is 22.4. The van der Waals surface area contributed by atoms with Gasteiger partial charge in [0.2, 0.25) is 5.89 Å². The van der Waals surface area contributed by atoms with Crippen molar-refractivity contribution >= 4 is 29.1 Å². The van der Waals surface area contributed by atoms with E-state index in [-0.39, 0.29) is 17.6 Å². The van der Waals surface area contributed by atoms with Gasteiger partial charge in [-0.05, 0) is 36.1 Å². The van der Waals surface area contributed by atoms with E-state index in [9.17, 15) is 4.79 Å². The van der Waals surface area contributed by atoms with Crippen LogP contribution in [-0.2, 0) is 13.1 Å². The fraction of sp³-hybridized carbons (Fsp3) is 0.333. The second kappa shape index (κ2) is 10.8. The van der Waals surface area contributed by atoms with Crippen LogP contribution in [0, 0.1) is 5.92 Å². The molecule has 2 aromatic carbocycles. The number of nitrogens with zero attached hydrogens (tertiary/aromatic N) is 2. The van der Waals surface area contributed by atoms with E-state index < -0.39 is 0 Å². The first-order valence-corrected chi connectivity index (χ1v) is 11.0. The maximum absolute atomic E-state index is 12.3. The highest BCUT2D eigenvalue weighted by molar-refractivity contribution is 6.42. The van der Waals surface area contributed by atoms with Crippen LogP contribution in [0.5, 0.6) is 0 Å². The van der Waals surface area contributed by atoms with Gasteiger partial charge in [0.25, 0.3) is 5.91 Å². The van der Waals surface area contributed by atoms with Crippen LogP contribution >= 0.6 is 23.2 Å². The Kier molecular flexibility index (Phi) is 8.13. The number of amides is 1. The van der Waals surface area contributed by atoms with Gasteiger partial charge in [-0.25, -0.2) is 4.98 Å². The average Bonchev–Trinajstić information content (AvgIpc) is 3.23. The number of aromatic nitrogens is 1. The highest BCUT2D eigenvalue weighted by Gasteiger charge is 2.21. The van der Waals surface area contributed by atoms with E-state index in [2.05, 4.69) is 34.3 Å². The van der Waals surface area contributed by atoms with Crippen molar-refractivity contribution < 1.29 is 9.21 Å². The summed E-state index contributed by atoms with van der Waals surface area (Å²) in [6.45, 7) is 7.86. The Balaban J connectivity index is 1.79. The molecule has 0 saturated heterocycles. The van der Waals surface area contributed by atoms with Crippen LogP contribution in [0.4, 0.5) is 0 Å². The molecule has 3 aromatic rings. The summed E-state index contributed by atoms with van der Waals surface area (Å²) >= 11 is 12.3. The van der Waals surface area contributed by atoms with Crippen molar-refractivity contribution in [3.8, 4) is 0 Å². The first-order valence-electron chi connectivity index (χ1n) is 10.3. The third-order valence-electron chi connectivity index (χ3n) is 4.99. The third-order valence-corrected chi connectivity index (χ3v) is 5.73. The highest BCUT2D eigenvalue weighted by atomic mass is 35.5. The molecule has 3 rings (SSSR count). The summed E-state index contributed by atoms with van der Waals surface area (Å²) < 4.78 is 5.63. The maximum atomic E-state index is 12.3. The maximum Gasteiger partial charge on any atom is 0.273 e. The average molecular weight is 460 g/mol. The predicted octanol–water partition coefficient (Wildman–Crippen LogP) is 6.13. The number of nitrogens with one attached hydrogen (secondary N) is 1. The Morgan fingerprint density at radius 2 is 1.81 bits per heavy atom. The van der Waals surface area contributed by atoms with Gasteiger partial charge in [0, 0.05) is 19.1 Å². The number of benzene rings is 2. The lowest BCUT2D eigenvalue weighted by Gasteiger charge is -2.28. The standard InChI is InChI=1S/C24H27Cl2N3O2/c1-16(2)12-27-24(30)22-15-31-23(28-22)14-29(17(3)19-7-5-4-6-8-19)13-18-9-10-20(25)21(26)11-18/h4-11,15-17H,12-14H2,1-3H3,(H,27,30)/t17-/m0/s1. The van der Waals surface area contributed by atoms with Gasteiger partial charge in [-0.15, -0.1) is 0 Å². The van der Waals surface area contributed by atoms with E-state index in [0.29, 0.717) is 41.5 Å². The largest absolute Gasteiger partial charge is 0.447 e. The van der Waals surface area contributed by atoms with Crippen molar-refractivity contribution in [1.29, 1.82) is 0 Å². The second-order valence-electron chi connectivity index (χ2n) is 7.97. The summed E-state index contributed by atoms with van der Waals surface area (Å²) in [6, 6.07) is 15.9. The molecule has 0 aliphatic carbocycles. The van der Waals surface area contributed by atoms with Crippen molar-refractivity contribution in [2.24, 2.45) is 5.92 Å². The zero-order valence-electron chi connectivity index (χ0n) is 17.9. The first kappa shape index (κ1) is 23.3. The molecule has 164 valence electrons. The number of halogens is 2. The van der Waals surface area contributed by atoms with E-state index in [1.807, 2.05) is 44.2 Å². The molecule has 0 fully saturated rings. The smallest absolute Gasteiger partial charge is 0.273 e. The monoisotopic (exact) mass is 459 g/mol. The molecule has 0 aliphatic rings. The fourth-order valence-corrected chi connectivity index (χ4v) is 3.51. The Morgan fingerprint density at radius 1 is 1.06 bits per heavy atom. The fourth-order valence-electron chi connectivity index (χ4n) is 3.19. The number of hydrogen-bond donors (Lipinski definition) is 1. The highest BCUT2D eigenvalue weighted by Crippen LogP contribution is 2.27. The number of hydrogen-bond acceptors (Lipinski definition) is 4. The predicted molar refractivity (Wildman–Crippen MR) is 124 cm³/mol. The number of carbonyl (C=O) groups is 1. The quantitative estimate of drug-likeness (QED) is 0.417. The lowest BCUT2D eigenvalue weighted by atomic mass is 10.1. The minimum absolute atomic E-state index is 0.0840. The molecule has 0 unspecified atom stereocenters. The lowest BCUT2D eigenvalue weighted by molar-refractivity contribution is 0.0944. The summed E-state index contributed by atoms with van der Waals surface area (Å²) in [5.41, 5.74) is 2.49. The van der Waals surface area contributed by atoms with E-state index in [4.69, 9.17) is 27.6 Å². The van der Waals surface area contributed by atoms with Crippen LogP contribution in [0.25, 0.3) is 0 Å². The minimum Gasteiger partial charge on any atom is -0.447 e. The molecule has 0 bridgehead atoms. The SMILES string of the molecule is CC(C)CNC(=O)c1coc(CN(Cc2ccc(Cl)c(Cl)c2)[C@@H](C)c2ccccc2)n1. The Bertz CT molecular complexity index is 1010. The van der Waals surface area contributed by atoms with Crippen LogP contribution in [0.15, 0.2) is 59.2 Å². The Hall–Kier alpha value is -2.34. The van der Waals surface area contributed by atoms with Gasteiger partial charge in [-0.2, -0.15) is 0 Å². The minimum atomic E-state index is -0.226. The van der Waals surface area contributed by atoms with E-state index in [1.165, 1.54) is 11.8 Å². The zero-order valence-corrected chi connectivity index (χ0v) is 19.5. The van der Waals surface area contributed by atoms with E-state index in [1.54, 1.807) is 6.07 Å². The molecule has 0 spiro atoms. The van der Waals surface area contributed by atoms with Crippen LogP contribution in [-0.4, -0.2) is 22.3 Å². The van der Waals surface area contributed by atoms with Crippen molar-refractivity contribution in [3.63, 3.8) is 0 Å². The van der Waals surface area contributed by atoms with Gasteiger partial charge >= 0.3 is 0 Å². The van der Waals surface area contributed by atoms with Crippen molar-refractivity contribution in [1.82, 2.24) is 15.2 Å². The van der Waals surface area contributed by atoms with Gasteiger partial charge in [0.1, 0.15) is 6.26 Å². The van der Waals surface area contributed by atoms with Gasteiger partial charge in [0.05, 0.1) is 16.6 Å². The molecule has 1 N–H and O–H groups in total. The third kappa shape index (κ3) is 6.57. The Morgan fingerprint density at radius 3 is 2.48 bits per heavy atom. The number of rotatable bonds is 9. The normalized spacial score (nSPS) is 12.4. The molecule has 1 amide bonds. The van der Waals surface area contributed by atoms with Crippen LogP contribution < -0.4 is 5.32 Å². The molecule has 1 atom stereocenters. The molecular formula is C24H27Cl2N3O2. The van der Waals surface area contributed by atoms with Crippen molar-refractivity contribution in [2.75, 3.05) is 6.54 Å². The molecule has 0 saturated carbocycles. The van der Waals surface area contributed by atoms with Gasteiger partial charge in [-0.3, -0.25) is 9.69 Å². The molecule has 1 aromatic heterocycles. The molecule has 5 nitrogen and oxygen atoms in total. The van der Waals surface area contributed by atoms with Crippen LogP contribution in [0.1, 0.15) is 54.3 Å². The topological polar surface area (TPSA) is 58.4 Å². The summed E-state index contributed by atoms with van der Waals surface area (Å²) in [7, 11) is 0. The van der Waals surface area contributed by atoms with Crippen LogP contribution in [0.2, 0.25) is 10.0 Å². The van der Waals surface area contributed by atoms with Crippen molar-refractivity contribution in [2.45, 2.75) is 39.9 Å². The van der Waals surface area contributed by atoms with Gasteiger partial charge in [0.15, 0.2) is 5.69 Å². The summed E-state index contributed by atoms with van der Waals surface area (Å²) in [4.78, 5) is 18.9. The molecule has 31 heavy (non-hydrogen) atoms. The van der Waals surface area contributed by atoms with Crippen molar-refractivity contribution in [3.05, 3.63) is 87.6 Å². The molecular weight excluding hydrogens is 433 g/mol. The molecule has 1 heterocycles. The lowest BCUT2D eigenvalue weighted by Crippen LogP contribution is -2.28. The molecule has 0 aliphatic heterocycles. The van der Waals surface area contributed by atoms with Gasteiger partial charge in [-0.1, -0.05) is 73.4 Å². The summed E-state index contributed by atoms with van der Waals surface area (Å²) in [6.07, 6.45) is 1.41. The van der Waals surface area contributed by atoms with E-state index in [0.717, 1.165) is 5.56 Å². The number of oxazole rings is 1. The number of carbonyl (C=O) groups excluding carboxylic acids is 1. The van der Waals surface area contributed by atoms with Crippen LogP contribution in [0.3, 0.4) is 0 Å².